The van der Waals surface area contributed by atoms with Gasteiger partial charge in [0.1, 0.15) is 57.5 Å². The largest absolute Gasteiger partial charge is 0.507 e. The van der Waals surface area contributed by atoms with E-state index in [2.05, 4.69) is 139 Å². The summed E-state index contributed by atoms with van der Waals surface area (Å²) in [6.45, 7) is 51.9. The summed E-state index contributed by atoms with van der Waals surface area (Å²) < 4.78 is 5.67. The van der Waals surface area contributed by atoms with Crippen LogP contribution in [0.2, 0.25) is 0 Å². The topological polar surface area (TPSA) is 191 Å². The standard InChI is InChI=1S/C22H32O2.2C21H30O2.C19H26O2.C17H22O2/c1-6-7-8-9-17-13-20(23)22(21(14-17)24-5)19-12-16(4)10-11-18(19)15(2)3;2*1-5-6-7-8-16-12-19(22)21(20(23)13-16)18-11-15(4)9-10-17(18)14(2)3;1-5-6-14-10-17(20)19(18(21)11-14)16-9-13(4)7-8-15(16)12(2)3;1-10(2)13-6-5-11(3)7-14(13)17-15(18)8-12(4)9-16(17)19/h12-14,18-19,23H,2,6-11H2,1,3-5H3;2*11-13,17-18,22-23H,2,5-10H2,1,3-4H3;9-11,15-16,20-21H,2,5-8H2,1,3-4H3;7-9,13-14,18-19H,1,5-6H2,2-4H3/t18-,19+;2*17-,18+;15-,16+;13-,14+/m00000/s1. The minimum Gasteiger partial charge on any atom is -0.507 e. The third-order valence-electron chi connectivity index (χ3n) is 23.6. The number of ether oxygens (including phenoxy) is 1. The predicted molar refractivity (Wildman–Crippen MR) is 462 cm³/mol. The molecule has 0 fully saturated rings. The first kappa shape index (κ1) is 90.4. The van der Waals surface area contributed by atoms with Gasteiger partial charge in [0.2, 0.25) is 0 Å². The number of methoxy groups -OCH3 is 1. The lowest BCUT2D eigenvalue weighted by atomic mass is 9.73. The highest BCUT2D eigenvalue weighted by molar-refractivity contribution is 5.57. The molecule has 0 bridgehead atoms. The van der Waals surface area contributed by atoms with Gasteiger partial charge in [-0.25, -0.2) is 0 Å². The average Bonchev–Trinajstić information content (AvgIpc) is 0.828. The molecule has 10 atom stereocenters. The predicted octanol–water partition coefficient (Wildman–Crippen LogP) is 27.3. The van der Waals surface area contributed by atoms with Crippen molar-refractivity contribution in [1.29, 1.82) is 0 Å². The molecule has 0 aliphatic heterocycles. The average molecular weight is 1500 g/mol. The summed E-state index contributed by atoms with van der Waals surface area (Å²) in [4.78, 5) is 0. The van der Waals surface area contributed by atoms with Crippen molar-refractivity contribution in [3.8, 4) is 57.5 Å². The molecule has 0 saturated carbocycles. The molecule has 0 heterocycles. The van der Waals surface area contributed by atoms with Gasteiger partial charge in [-0.1, -0.05) is 192 Å². The monoisotopic (exact) mass is 1500 g/mol. The van der Waals surface area contributed by atoms with Crippen LogP contribution in [-0.2, 0) is 25.7 Å². The Labute approximate surface area is 664 Å². The van der Waals surface area contributed by atoms with E-state index in [1.807, 2.05) is 65.0 Å². The van der Waals surface area contributed by atoms with Crippen LogP contribution in [0, 0.1) is 36.5 Å². The molecule has 5 aliphatic rings. The molecule has 5 aromatic carbocycles. The first-order chi connectivity index (χ1) is 52.2. The number of aromatic hydroxyl groups is 9. The van der Waals surface area contributed by atoms with Gasteiger partial charge in [-0.3, -0.25) is 0 Å². The molecule has 0 unspecified atom stereocenters. The highest BCUT2D eigenvalue weighted by atomic mass is 16.5. The van der Waals surface area contributed by atoms with E-state index in [9.17, 15) is 46.0 Å². The van der Waals surface area contributed by atoms with Gasteiger partial charge in [0.25, 0.3) is 0 Å². The van der Waals surface area contributed by atoms with Gasteiger partial charge < -0.3 is 50.7 Å². The van der Waals surface area contributed by atoms with Crippen molar-refractivity contribution in [2.45, 2.75) is 288 Å². The van der Waals surface area contributed by atoms with E-state index in [0.717, 1.165) is 177 Å². The van der Waals surface area contributed by atoms with Crippen LogP contribution in [0.15, 0.2) is 180 Å². The fourth-order valence-corrected chi connectivity index (χ4v) is 17.5. The summed E-state index contributed by atoms with van der Waals surface area (Å²) in [7, 11) is 1.70. The Morgan fingerprint density at radius 2 is 0.509 bits per heavy atom. The summed E-state index contributed by atoms with van der Waals surface area (Å²) in [5.41, 5.74) is 20.8. The second-order valence-electron chi connectivity index (χ2n) is 33.4. The molecule has 5 aromatic rings. The van der Waals surface area contributed by atoms with Crippen molar-refractivity contribution in [2.75, 3.05) is 7.11 Å². The van der Waals surface area contributed by atoms with Crippen LogP contribution in [0.4, 0.5) is 0 Å². The Morgan fingerprint density at radius 1 is 0.300 bits per heavy atom. The molecule has 0 saturated heterocycles. The molecular weight excluding hydrogens is 1360 g/mol. The quantitative estimate of drug-likeness (QED) is 0.0201. The molecule has 5 aliphatic carbocycles. The Hall–Kier alpha value is -8.50. The minimum atomic E-state index is 0.0194. The van der Waals surface area contributed by atoms with Crippen molar-refractivity contribution in [2.24, 2.45) is 29.6 Å². The Balaban J connectivity index is 0.000000215. The zero-order chi connectivity index (χ0) is 81.4. The highest BCUT2D eigenvalue weighted by Crippen LogP contribution is 2.52. The molecule has 0 spiro atoms. The lowest BCUT2D eigenvalue weighted by Crippen LogP contribution is -2.17. The van der Waals surface area contributed by atoms with Gasteiger partial charge in [0.05, 0.1) is 7.11 Å². The van der Waals surface area contributed by atoms with Gasteiger partial charge in [-0.2, -0.15) is 0 Å². The Bertz CT molecular complexity index is 3940. The molecule has 10 nitrogen and oxygen atoms in total. The van der Waals surface area contributed by atoms with Gasteiger partial charge in [-0.15, -0.1) is 0 Å². The molecule has 110 heavy (non-hydrogen) atoms. The maximum absolute atomic E-state index is 10.8. The molecule has 9 N–H and O–H groups in total. The molecule has 10 heteroatoms. The van der Waals surface area contributed by atoms with Crippen LogP contribution in [0.3, 0.4) is 0 Å². The molecule has 0 aromatic heterocycles. The van der Waals surface area contributed by atoms with Crippen LogP contribution in [-0.4, -0.2) is 53.1 Å². The van der Waals surface area contributed by atoms with E-state index in [1.165, 1.54) is 72.0 Å². The third-order valence-corrected chi connectivity index (χ3v) is 23.6. The number of hydrogen-bond acceptors (Lipinski definition) is 10. The van der Waals surface area contributed by atoms with E-state index in [4.69, 9.17) is 4.74 Å². The normalized spacial score (nSPS) is 21.5. The van der Waals surface area contributed by atoms with E-state index >= 15 is 0 Å². The lowest BCUT2D eigenvalue weighted by Gasteiger charge is -2.32. The number of unbranched alkanes of at least 4 members (excludes halogenated alkanes) is 6. The molecule has 0 amide bonds. The van der Waals surface area contributed by atoms with Crippen molar-refractivity contribution in [3.63, 3.8) is 0 Å². The number of phenols is 9. The number of allylic oxidation sites excluding steroid dienone is 15. The SMILES string of the molecule is C=C(C)[C@@H]1CCC(C)=C[C@H]1c1c(O)cc(C)cc1O.C=C(C)[C@@H]1CCC(C)=C[C@H]1c1c(O)cc(CCC)cc1O.C=C(C)[C@@H]1CCC(C)=C[C@H]1c1c(O)cc(CCCCC)cc1O.C=C(C)[C@@H]1CCC(C)=C[C@H]1c1c(O)cc(CCCCC)cc1O.C=C(C)[C@@H]1CCC(C)=C[C@H]1c1c(O)cc(CCCCC)cc1OC. The maximum atomic E-state index is 10.8. The summed E-state index contributed by atoms with van der Waals surface area (Å²) in [5.74, 6) is 4.54. The van der Waals surface area contributed by atoms with Crippen LogP contribution >= 0.6 is 0 Å². The van der Waals surface area contributed by atoms with Crippen molar-refractivity contribution >= 4 is 0 Å². The fraction of sp³-hybridized carbons (Fsp3) is 0.500. The molecule has 10 rings (SSSR count). The van der Waals surface area contributed by atoms with Crippen LogP contribution in [0.25, 0.3) is 0 Å². The van der Waals surface area contributed by atoms with E-state index in [0.29, 0.717) is 33.9 Å². The second kappa shape index (κ2) is 43.3. The molecule has 600 valence electrons. The van der Waals surface area contributed by atoms with Crippen molar-refractivity contribution in [3.05, 3.63) is 235 Å². The third kappa shape index (κ3) is 25.0. The van der Waals surface area contributed by atoms with E-state index in [1.54, 1.807) is 31.4 Å². The highest BCUT2D eigenvalue weighted by Gasteiger charge is 2.36. The number of hydrogen-bond donors (Lipinski definition) is 9. The second-order valence-corrected chi connectivity index (χ2v) is 33.4. The maximum Gasteiger partial charge on any atom is 0.126 e. The number of benzene rings is 5. The fourth-order valence-electron chi connectivity index (χ4n) is 17.5. The lowest BCUT2D eigenvalue weighted by molar-refractivity contribution is 0.381. The minimum absolute atomic E-state index is 0.0194. The Kier molecular flexibility index (Phi) is 35.6. The first-order valence-corrected chi connectivity index (χ1v) is 41.4. The van der Waals surface area contributed by atoms with E-state index in [-0.39, 0.29) is 99.3 Å². The van der Waals surface area contributed by atoms with Crippen LogP contribution < -0.4 is 4.74 Å². The van der Waals surface area contributed by atoms with Gasteiger partial charge in [0.15, 0.2) is 0 Å². The molecule has 0 radical (unpaired) electrons. The smallest absolute Gasteiger partial charge is 0.126 e. The van der Waals surface area contributed by atoms with Gasteiger partial charge in [0, 0.05) is 57.4 Å². The van der Waals surface area contributed by atoms with Crippen LogP contribution in [0.5, 0.6) is 57.5 Å². The van der Waals surface area contributed by atoms with Gasteiger partial charge >= 0.3 is 0 Å². The van der Waals surface area contributed by atoms with Crippen LogP contribution in [0.1, 0.15) is 311 Å². The van der Waals surface area contributed by atoms with Crippen molar-refractivity contribution in [1.82, 2.24) is 0 Å². The van der Waals surface area contributed by atoms with E-state index < -0.39 is 0 Å². The molecular formula is C100H140O10. The summed E-state index contributed by atoms with van der Waals surface area (Å²) in [6, 6.07) is 18.4. The zero-order valence-corrected chi connectivity index (χ0v) is 70.4. The summed E-state index contributed by atoms with van der Waals surface area (Å²) >= 11 is 0. The van der Waals surface area contributed by atoms with Crippen molar-refractivity contribution < 1.29 is 50.7 Å². The zero-order valence-electron chi connectivity index (χ0n) is 70.4. The summed E-state index contributed by atoms with van der Waals surface area (Å²) in [6.07, 6.45) is 36.6. The summed E-state index contributed by atoms with van der Waals surface area (Å²) in [5, 5.41) is 94.2. The van der Waals surface area contributed by atoms with Gasteiger partial charge in [-0.05, 0) is 303 Å². The number of phenolic OH excluding ortho intramolecular Hbond substituents is 9. The Morgan fingerprint density at radius 3 is 0.727 bits per heavy atom. The first-order valence-electron chi connectivity index (χ1n) is 41.4. The number of aryl methyl sites for hydroxylation is 5. The number of rotatable bonds is 25.